The van der Waals surface area contributed by atoms with E-state index in [1.807, 2.05) is 11.8 Å². The predicted octanol–water partition coefficient (Wildman–Crippen LogP) is -0.444. The van der Waals surface area contributed by atoms with Crippen molar-refractivity contribution in [1.29, 1.82) is 0 Å². The summed E-state index contributed by atoms with van der Waals surface area (Å²) in [4.78, 5) is 51.7. The summed E-state index contributed by atoms with van der Waals surface area (Å²) in [7, 11) is -10.8. The molecule has 28 nitrogen and oxygen atoms in total. The SMILES string of the molecule is O=[N+]([O-])c1cc([N+](=O)[O-])c(S(=O)(=O)[O-])c([N+](=O)[O-])c1.O=[N+]([O-])c1cc([N+](=O)[O-])c(S(=O)(=O)[O-])c([N+](=O)[O-])c1.OCC[S+](CCO)CCSCC[S+](CCO)CCO. The van der Waals surface area contributed by atoms with Gasteiger partial charge in [0.15, 0.2) is 0 Å². The van der Waals surface area contributed by atoms with E-state index in [4.69, 9.17) is 20.4 Å². The fraction of sp³-hybridized carbons (Fsp3) is 0.500. The molecule has 0 aliphatic carbocycles. The van der Waals surface area contributed by atoms with Crippen molar-refractivity contribution in [2.75, 3.05) is 72.5 Å². The smallest absolute Gasteiger partial charge is 0.300 e. The van der Waals surface area contributed by atoms with Crippen molar-refractivity contribution in [3.63, 3.8) is 0 Å². The molecule has 0 heterocycles. The topological polar surface area (TPSA) is 454 Å². The second-order valence-electron chi connectivity index (χ2n) is 10.0. The van der Waals surface area contributed by atoms with Crippen LogP contribution in [-0.2, 0) is 42.0 Å². The third kappa shape index (κ3) is 18.1. The maximum absolute atomic E-state index is 10.8. The number of benzene rings is 2. The molecule has 0 saturated carbocycles. The van der Waals surface area contributed by atoms with Gasteiger partial charge in [0.05, 0.1) is 80.2 Å². The molecule has 0 atom stereocenters. The minimum Gasteiger partial charge on any atom is -0.744 e. The molecular formula is C24H32N6O22S5. The van der Waals surface area contributed by atoms with Crippen LogP contribution in [0.1, 0.15) is 0 Å². The number of aliphatic hydroxyl groups is 4. The Hall–Kier alpha value is -4.45. The highest BCUT2D eigenvalue weighted by molar-refractivity contribution is 8.03. The van der Waals surface area contributed by atoms with Crippen LogP contribution < -0.4 is 0 Å². The lowest BCUT2D eigenvalue weighted by atomic mass is 10.2. The molecule has 0 aromatic heterocycles. The Morgan fingerprint density at radius 3 is 0.842 bits per heavy atom. The third-order valence-electron chi connectivity index (χ3n) is 6.33. The van der Waals surface area contributed by atoms with Crippen LogP contribution in [0.4, 0.5) is 34.1 Å². The summed E-state index contributed by atoms with van der Waals surface area (Å²) >= 11 is 1.90. The second-order valence-corrected chi connectivity index (χ2v) is 18.8. The van der Waals surface area contributed by atoms with Gasteiger partial charge in [-0.25, -0.2) is 16.8 Å². The molecule has 4 N–H and O–H groups in total. The van der Waals surface area contributed by atoms with E-state index in [1.165, 1.54) is 0 Å². The van der Waals surface area contributed by atoms with Crippen LogP contribution in [0.5, 0.6) is 0 Å². The van der Waals surface area contributed by atoms with E-state index < -0.39 is 93.7 Å². The molecule has 0 fully saturated rings. The Morgan fingerprint density at radius 1 is 0.456 bits per heavy atom. The van der Waals surface area contributed by atoms with Crippen LogP contribution in [-0.4, -0.2) is 148 Å². The van der Waals surface area contributed by atoms with Gasteiger partial charge >= 0.3 is 22.7 Å². The van der Waals surface area contributed by atoms with Crippen molar-refractivity contribution in [3.05, 3.63) is 85.0 Å². The first-order valence-corrected chi connectivity index (χ1v) is 22.3. The number of aliphatic hydroxyl groups excluding tert-OH is 4. The molecule has 0 radical (unpaired) electrons. The third-order valence-corrected chi connectivity index (χ3v) is 14.3. The van der Waals surface area contributed by atoms with Gasteiger partial charge in [-0.15, -0.1) is 0 Å². The molecule has 0 amide bonds. The molecule has 0 aliphatic heterocycles. The van der Waals surface area contributed by atoms with Crippen LogP contribution >= 0.6 is 11.8 Å². The number of nitro groups is 6. The molecule has 0 aliphatic rings. The minimum atomic E-state index is -5.55. The average Bonchev–Trinajstić information content (AvgIpc) is 3.10. The number of nitrogens with zero attached hydrogens (tertiary/aromatic N) is 6. The molecule has 2 aromatic rings. The van der Waals surface area contributed by atoms with Gasteiger partial charge in [-0.2, -0.15) is 11.8 Å². The highest BCUT2D eigenvalue weighted by Gasteiger charge is 2.35. The van der Waals surface area contributed by atoms with Gasteiger partial charge in [-0.1, -0.05) is 0 Å². The van der Waals surface area contributed by atoms with E-state index in [9.17, 15) is 86.6 Å². The van der Waals surface area contributed by atoms with Crippen molar-refractivity contribution in [2.24, 2.45) is 0 Å². The Labute approximate surface area is 330 Å². The summed E-state index contributed by atoms with van der Waals surface area (Å²) in [6.45, 7) is 0.850. The van der Waals surface area contributed by atoms with Crippen LogP contribution in [0, 0.1) is 60.7 Å². The van der Waals surface area contributed by atoms with Gasteiger partial charge in [0.25, 0.3) is 11.4 Å². The highest BCUT2D eigenvalue weighted by Crippen LogP contribution is 2.38. The Balaban J connectivity index is 0.000000825. The van der Waals surface area contributed by atoms with E-state index >= 15 is 0 Å². The summed E-state index contributed by atoms with van der Waals surface area (Å²) in [6, 6.07) is 0.658. The summed E-state index contributed by atoms with van der Waals surface area (Å²) in [5, 5.41) is 98.9. The zero-order chi connectivity index (χ0) is 44.3. The Kier molecular flexibility index (Phi) is 23.1. The lowest BCUT2D eigenvalue weighted by Gasteiger charge is -2.07. The first-order valence-electron chi connectivity index (χ1n) is 14.8. The maximum Gasteiger partial charge on any atom is 0.300 e. The molecule has 0 spiro atoms. The minimum absolute atomic E-state index is 0.156. The standard InChI is InChI=1S/C12H28O4S3.2C6H3N3O9S/c13-1-7-18(8-2-14)11-5-17-6-12-19(9-3-15)10-4-16;2*10-7(11)3-1-4(8(12)13)6(19(16,17)18)5(2-3)9(14)15/h13-16H,1-12H2;2*1-2H,(H,16,17,18)/q+2;;/p-2. The van der Waals surface area contributed by atoms with E-state index in [0.717, 1.165) is 46.0 Å². The number of thioether (sulfide) groups is 1. The zero-order valence-corrected chi connectivity index (χ0v) is 32.7. The molecule has 2 aromatic carbocycles. The monoisotopic (exact) mass is 916 g/mol. The number of hydrogen-bond acceptors (Lipinski definition) is 23. The predicted molar refractivity (Wildman–Crippen MR) is 198 cm³/mol. The van der Waals surface area contributed by atoms with Crippen molar-refractivity contribution in [1.82, 2.24) is 0 Å². The fourth-order valence-electron chi connectivity index (χ4n) is 4.02. The number of non-ortho nitro benzene ring substituents is 2. The highest BCUT2D eigenvalue weighted by atomic mass is 32.2. The second kappa shape index (κ2) is 25.0. The summed E-state index contributed by atoms with van der Waals surface area (Å²) < 4.78 is 65.0. The summed E-state index contributed by atoms with van der Waals surface area (Å²) in [5.41, 5.74) is -8.23. The fourth-order valence-corrected chi connectivity index (χ4v) is 10.9. The van der Waals surface area contributed by atoms with Crippen LogP contribution in [0.25, 0.3) is 0 Å². The van der Waals surface area contributed by atoms with E-state index in [0.29, 0.717) is 0 Å². The lowest BCUT2D eigenvalue weighted by molar-refractivity contribution is -0.407. The average molecular weight is 917 g/mol. The van der Waals surface area contributed by atoms with Gasteiger partial charge in [-0.3, -0.25) is 60.7 Å². The molecule has 0 saturated heterocycles. The van der Waals surface area contributed by atoms with Crippen molar-refractivity contribution < 1.29 is 75.9 Å². The van der Waals surface area contributed by atoms with Gasteiger partial charge < -0.3 is 29.5 Å². The van der Waals surface area contributed by atoms with Gasteiger partial charge in [0.2, 0.25) is 9.79 Å². The van der Waals surface area contributed by atoms with E-state index in [2.05, 4.69) is 0 Å². The maximum atomic E-state index is 10.8. The summed E-state index contributed by atoms with van der Waals surface area (Å²) in [6.07, 6.45) is 0. The Bertz CT molecular complexity index is 1760. The lowest BCUT2D eigenvalue weighted by Crippen LogP contribution is -2.23. The van der Waals surface area contributed by atoms with Crippen molar-refractivity contribution in [2.45, 2.75) is 9.79 Å². The van der Waals surface area contributed by atoms with Crippen molar-refractivity contribution in [3.8, 4) is 0 Å². The number of rotatable bonds is 22. The van der Waals surface area contributed by atoms with Gasteiger partial charge in [0.1, 0.15) is 54.8 Å². The zero-order valence-electron chi connectivity index (χ0n) is 28.7. The van der Waals surface area contributed by atoms with Crippen molar-refractivity contribution >= 4 is 87.9 Å². The molecule has 0 unspecified atom stereocenters. The largest absolute Gasteiger partial charge is 0.744 e. The molecule has 33 heteroatoms. The number of nitro benzene ring substituents is 6. The summed E-state index contributed by atoms with van der Waals surface area (Å²) in [5.74, 6) is 7.50. The normalized spacial score (nSPS) is 11.2. The van der Waals surface area contributed by atoms with E-state index in [1.54, 1.807) is 0 Å². The van der Waals surface area contributed by atoms with Gasteiger partial charge in [-0.05, 0) is 21.8 Å². The van der Waals surface area contributed by atoms with Crippen LogP contribution in [0.2, 0.25) is 0 Å². The van der Waals surface area contributed by atoms with Crippen LogP contribution in [0.15, 0.2) is 34.1 Å². The molecular weight excluding hydrogens is 885 g/mol. The molecule has 320 valence electrons. The quantitative estimate of drug-likeness (QED) is 0.0382. The molecule has 2 rings (SSSR count). The molecule has 0 bridgehead atoms. The van der Waals surface area contributed by atoms with Gasteiger partial charge in [0, 0.05) is 11.5 Å². The van der Waals surface area contributed by atoms with Crippen LogP contribution in [0.3, 0.4) is 0 Å². The van der Waals surface area contributed by atoms with E-state index in [-0.39, 0.29) is 72.5 Å². The first kappa shape index (κ1) is 52.6. The number of hydrogen-bond donors (Lipinski definition) is 4. The Morgan fingerprint density at radius 2 is 0.684 bits per heavy atom. The first-order chi connectivity index (χ1) is 26.4. The molecule has 57 heavy (non-hydrogen) atoms.